The van der Waals surface area contributed by atoms with Gasteiger partial charge in [0.1, 0.15) is 11.8 Å². The second-order valence-corrected chi connectivity index (χ2v) is 4.41. The van der Waals surface area contributed by atoms with E-state index >= 15 is 0 Å². The van der Waals surface area contributed by atoms with E-state index in [1.165, 1.54) is 0 Å². The Morgan fingerprint density at radius 3 is 2.60 bits per heavy atom. The summed E-state index contributed by atoms with van der Waals surface area (Å²) in [5.74, 6) is 1.43. The molecule has 0 saturated heterocycles. The molecule has 2 rings (SSSR count). The van der Waals surface area contributed by atoms with Gasteiger partial charge in [0.25, 0.3) is 0 Å². The minimum atomic E-state index is 0.408. The van der Waals surface area contributed by atoms with Crippen LogP contribution in [-0.4, -0.2) is 19.1 Å². The molecule has 0 amide bonds. The maximum absolute atomic E-state index is 8.98. The maximum Gasteiger partial charge on any atom is 0.153 e. The van der Waals surface area contributed by atoms with Gasteiger partial charge in [-0.25, -0.2) is 4.98 Å². The summed E-state index contributed by atoms with van der Waals surface area (Å²) in [4.78, 5) is 6.16. The number of benzene rings is 1. The monoisotopic (exact) mass is 268 g/mol. The van der Waals surface area contributed by atoms with Crippen LogP contribution in [0.25, 0.3) is 0 Å². The van der Waals surface area contributed by atoms with Crippen molar-refractivity contribution in [2.75, 3.05) is 24.8 Å². The summed E-state index contributed by atoms with van der Waals surface area (Å²) < 4.78 is 5.13. The molecule has 0 radical (unpaired) electrons. The molecule has 1 aromatic heterocycles. The second-order valence-electron chi connectivity index (χ2n) is 4.41. The number of hydrogen-bond donors (Lipinski definition) is 1. The lowest BCUT2D eigenvalue weighted by atomic mass is 10.2. The standard InChI is InChI=1S/C15H16N4O/c1-19(10-11-3-5-13(20-2)6-4-11)15-14(17)12(9-16)7-8-18-15/h3-8H,10,17H2,1-2H3. The largest absolute Gasteiger partial charge is 0.497 e. The molecule has 5 nitrogen and oxygen atoms in total. The van der Waals surface area contributed by atoms with Gasteiger partial charge >= 0.3 is 0 Å². The van der Waals surface area contributed by atoms with Crippen molar-refractivity contribution in [3.05, 3.63) is 47.7 Å². The Morgan fingerprint density at radius 2 is 2.00 bits per heavy atom. The third-order valence-electron chi connectivity index (χ3n) is 3.03. The van der Waals surface area contributed by atoms with Crippen LogP contribution in [0.5, 0.6) is 5.75 Å². The highest BCUT2D eigenvalue weighted by Crippen LogP contribution is 2.24. The van der Waals surface area contributed by atoms with Gasteiger partial charge in [-0.1, -0.05) is 12.1 Å². The molecule has 0 aliphatic rings. The zero-order chi connectivity index (χ0) is 14.5. The number of methoxy groups -OCH3 is 1. The number of pyridine rings is 1. The lowest BCUT2D eigenvalue weighted by molar-refractivity contribution is 0.414. The van der Waals surface area contributed by atoms with E-state index in [-0.39, 0.29) is 0 Å². The van der Waals surface area contributed by atoms with Gasteiger partial charge in [-0.15, -0.1) is 0 Å². The van der Waals surface area contributed by atoms with Crippen molar-refractivity contribution in [1.82, 2.24) is 4.98 Å². The number of nitrogens with two attached hydrogens (primary N) is 1. The van der Waals surface area contributed by atoms with Gasteiger partial charge < -0.3 is 15.4 Å². The Bertz CT molecular complexity index is 631. The summed E-state index contributed by atoms with van der Waals surface area (Å²) in [5.41, 5.74) is 7.91. The van der Waals surface area contributed by atoms with E-state index in [4.69, 9.17) is 15.7 Å². The van der Waals surface area contributed by atoms with Crippen molar-refractivity contribution in [3.8, 4) is 11.8 Å². The first-order chi connectivity index (χ1) is 9.65. The summed E-state index contributed by atoms with van der Waals surface area (Å²) in [7, 11) is 3.53. The summed E-state index contributed by atoms with van der Waals surface area (Å²) >= 11 is 0. The SMILES string of the molecule is COc1ccc(CN(C)c2nccc(C#N)c2N)cc1. The van der Waals surface area contributed by atoms with Crippen molar-refractivity contribution in [3.63, 3.8) is 0 Å². The van der Waals surface area contributed by atoms with Crippen LogP contribution >= 0.6 is 0 Å². The number of anilines is 2. The average molecular weight is 268 g/mol. The van der Waals surface area contributed by atoms with Crippen LogP contribution < -0.4 is 15.4 Å². The predicted octanol–water partition coefficient (Wildman–Crippen LogP) is 2.18. The Labute approximate surface area is 118 Å². The first kappa shape index (κ1) is 13.7. The highest BCUT2D eigenvalue weighted by Gasteiger charge is 2.11. The normalized spacial score (nSPS) is 9.85. The lowest BCUT2D eigenvalue weighted by Crippen LogP contribution is -2.19. The topological polar surface area (TPSA) is 75.2 Å². The van der Waals surface area contributed by atoms with E-state index in [2.05, 4.69) is 11.1 Å². The molecule has 1 aromatic carbocycles. The van der Waals surface area contributed by atoms with Gasteiger partial charge in [-0.05, 0) is 23.8 Å². The number of ether oxygens (including phenoxy) is 1. The van der Waals surface area contributed by atoms with Crippen LogP contribution in [0.15, 0.2) is 36.5 Å². The van der Waals surface area contributed by atoms with Gasteiger partial charge in [0.15, 0.2) is 5.82 Å². The molecule has 0 spiro atoms. The number of hydrogen-bond acceptors (Lipinski definition) is 5. The predicted molar refractivity (Wildman–Crippen MR) is 78.5 cm³/mol. The molecule has 0 atom stereocenters. The molecule has 0 saturated carbocycles. The van der Waals surface area contributed by atoms with E-state index in [1.807, 2.05) is 36.2 Å². The quantitative estimate of drug-likeness (QED) is 0.919. The van der Waals surface area contributed by atoms with Crippen LogP contribution in [0.4, 0.5) is 11.5 Å². The Kier molecular flexibility index (Phi) is 4.06. The average Bonchev–Trinajstić information content (AvgIpc) is 2.48. The number of nitrogens with zero attached hydrogens (tertiary/aromatic N) is 3. The molecule has 1 heterocycles. The molecule has 5 heteroatoms. The molecule has 0 aliphatic carbocycles. The minimum Gasteiger partial charge on any atom is -0.497 e. The van der Waals surface area contributed by atoms with E-state index in [0.29, 0.717) is 23.6 Å². The van der Waals surface area contributed by atoms with Crippen LogP contribution in [0.3, 0.4) is 0 Å². The number of nitrogen functional groups attached to an aromatic ring is 1. The van der Waals surface area contributed by atoms with Crippen molar-refractivity contribution in [2.45, 2.75) is 6.54 Å². The third kappa shape index (κ3) is 2.81. The molecular formula is C15H16N4O. The maximum atomic E-state index is 8.98. The summed E-state index contributed by atoms with van der Waals surface area (Å²) in [6, 6.07) is 11.5. The molecule has 102 valence electrons. The Balaban J connectivity index is 2.19. The summed E-state index contributed by atoms with van der Waals surface area (Å²) in [6.07, 6.45) is 1.59. The zero-order valence-electron chi connectivity index (χ0n) is 11.5. The van der Waals surface area contributed by atoms with Crippen LogP contribution in [0.1, 0.15) is 11.1 Å². The second kappa shape index (κ2) is 5.93. The van der Waals surface area contributed by atoms with Crippen molar-refractivity contribution in [2.24, 2.45) is 0 Å². The molecule has 0 bridgehead atoms. The third-order valence-corrected chi connectivity index (χ3v) is 3.03. The first-order valence-electron chi connectivity index (χ1n) is 6.14. The van der Waals surface area contributed by atoms with Crippen LogP contribution in [-0.2, 0) is 6.54 Å². The van der Waals surface area contributed by atoms with Gasteiger partial charge in [-0.3, -0.25) is 0 Å². The Hall–Kier alpha value is -2.74. The molecular weight excluding hydrogens is 252 g/mol. The molecule has 0 aliphatic heterocycles. The Morgan fingerprint density at radius 1 is 1.30 bits per heavy atom. The zero-order valence-corrected chi connectivity index (χ0v) is 11.5. The van der Waals surface area contributed by atoms with Gasteiger partial charge in [-0.2, -0.15) is 5.26 Å². The van der Waals surface area contributed by atoms with Crippen molar-refractivity contribution < 1.29 is 4.74 Å². The first-order valence-corrected chi connectivity index (χ1v) is 6.14. The summed E-state index contributed by atoms with van der Waals surface area (Å²) in [5, 5.41) is 8.98. The highest BCUT2D eigenvalue weighted by atomic mass is 16.5. The smallest absolute Gasteiger partial charge is 0.153 e. The van der Waals surface area contributed by atoms with Gasteiger partial charge in [0.2, 0.25) is 0 Å². The van der Waals surface area contributed by atoms with Gasteiger partial charge in [0, 0.05) is 19.8 Å². The van der Waals surface area contributed by atoms with E-state index in [1.54, 1.807) is 19.4 Å². The molecule has 0 fully saturated rings. The number of rotatable bonds is 4. The molecule has 2 N–H and O–H groups in total. The fraction of sp³-hybridized carbons (Fsp3) is 0.200. The fourth-order valence-electron chi connectivity index (χ4n) is 1.94. The van der Waals surface area contributed by atoms with Crippen LogP contribution in [0.2, 0.25) is 0 Å². The molecule has 20 heavy (non-hydrogen) atoms. The number of nitriles is 1. The van der Waals surface area contributed by atoms with Gasteiger partial charge in [0.05, 0.1) is 18.4 Å². The van der Waals surface area contributed by atoms with E-state index in [9.17, 15) is 0 Å². The van der Waals surface area contributed by atoms with Crippen molar-refractivity contribution >= 4 is 11.5 Å². The molecule has 0 unspecified atom stereocenters. The fourth-order valence-corrected chi connectivity index (χ4v) is 1.94. The van der Waals surface area contributed by atoms with Crippen LogP contribution in [0, 0.1) is 11.3 Å². The van der Waals surface area contributed by atoms with Crippen molar-refractivity contribution in [1.29, 1.82) is 5.26 Å². The highest BCUT2D eigenvalue weighted by molar-refractivity contribution is 5.69. The number of aromatic nitrogens is 1. The van der Waals surface area contributed by atoms with E-state index in [0.717, 1.165) is 11.3 Å². The lowest BCUT2D eigenvalue weighted by Gasteiger charge is -2.20. The summed E-state index contributed by atoms with van der Waals surface area (Å²) in [6.45, 7) is 0.649. The van der Waals surface area contributed by atoms with E-state index < -0.39 is 0 Å². The molecule has 2 aromatic rings. The minimum absolute atomic E-state index is 0.408.